The number of rotatable bonds is 10. The first kappa shape index (κ1) is 23.2. The van der Waals surface area contributed by atoms with E-state index >= 15 is 0 Å². The Morgan fingerprint density at radius 1 is 1.24 bits per heavy atom. The summed E-state index contributed by atoms with van der Waals surface area (Å²) in [5.74, 6) is 1.59. The maximum absolute atomic E-state index is 5.05. The minimum atomic E-state index is 0. The van der Waals surface area contributed by atoms with Crippen molar-refractivity contribution < 1.29 is 4.74 Å². The molecule has 0 spiro atoms. The SMILES string of the molecule is CCNC(=NCC(CC(C)C)N(C)C)NCCCOC.I. The van der Waals surface area contributed by atoms with Crippen LogP contribution in [0.3, 0.4) is 0 Å². The summed E-state index contributed by atoms with van der Waals surface area (Å²) in [4.78, 5) is 6.96. The summed E-state index contributed by atoms with van der Waals surface area (Å²) in [7, 11) is 5.98. The van der Waals surface area contributed by atoms with Crippen LogP contribution in [0.5, 0.6) is 0 Å². The molecular weight excluding hydrogens is 379 g/mol. The van der Waals surface area contributed by atoms with Gasteiger partial charge >= 0.3 is 0 Å². The van der Waals surface area contributed by atoms with E-state index in [-0.39, 0.29) is 24.0 Å². The molecular formula is C15H35IN4O. The molecule has 0 rings (SSSR count). The van der Waals surface area contributed by atoms with Crippen LogP contribution in [0.4, 0.5) is 0 Å². The molecule has 6 heteroatoms. The smallest absolute Gasteiger partial charge is 0.191 e. The molecule has 0 aliphatic heterocycles. The number of aliphatic imine (C=N–C) groups is 1. The van der Waals surface area contributed by atoms with Crippen LogP contribution < -0.4 is 10.6 Å². The van der Waals surface area contributed by atoms with Crippen molar-refractivity contribution >= 4 is 29.9 Å². The number of hydrogen-bond acceptors (Lipinski definition) is 3. The Hall–Kier alpha value is -0.0800. The summed E-state index contributed by atoms with van der Waals surface area (Å²) in [6.45, 7) is 9.97. The highest BCUT2D eigenvalue weighted by atomic mass is 127. The Balaban J connectivity index is 0. The van der Waals surface area contributed by atoms with Crippen molar-refractivity contribution in [2.45, 2.75) is 39.7 Å². The molecule has 0 bridgehead atoms. The second kappa shape index (κ2) is 14.8. The first-order chi connectivity index (χ1) is 9.51. The van der Waals surface area contributed by atoms with Crippen LogP contribution in [0, 0.1) is 5.92 Å². The average molecular weight is 414 g/mol. The van der Waals surface area contributed by atoms with E-state index in [9.17, 15) is 0 Å². The summed E-state index contributed by atoms with van der Waals surface area (Å²) < 4.78 is 5.05. The average Bonchev–Trinajstić information content (AvgIpc) is 2.38. The van der Waals surface area contributed by atoms with Gasteiger partial charge in [0.1, 0.15) is 0 Å². The quantitative estimate of drug-likeness (QED) is 0.249. The van der Waals surface area contributed by atoms with Crippen LogP contribution in [0.2, 0.25) is 0 Å². The van der Waals surface area contributed by atoms with Gasteiger partial charge in [0.05, 0.1) is 6.54 Å². The molecule has 0 aromatic heterocycles. The Labute approximate surface area is 148 Å². The van der Waals surface area contributed by atoms with Gasteiger partial charge in [0.25, 0.3) is 0 Å². The maximum atomic E-state index is 5.05. The molecule has 0 aliphatic carbocycles. The van der Waals surface area contributed by atoms with Crippen molar-refractivity contribution in [2.24, 2.45) is 10.9 Å². The molecule has 0 saturated carbocycles. The second-order valence-corrected chi connectivity index (χ2v) is 5.74. The highest BCUT2D eigenvalue weighted by Gasteiger charge is 2.13. The molecule has 2 N–H and O–H groups in total. The third-order valence-corrected chi connectivity index (χ3v) is 3.10. The molecule has 0 aliphatic rings. The van der Waals surface area contributed by atoms with Gasteiger partial charge in [-0.1, -0.05) is 13.8 Å². The Bertz CT molecular complexity index is 260. The lowest BCUT2D eigenvalue weighted by Crippen LogP contribution is -2.40. The number of methoxy groups -OCH3 is 1. The molecule has 5 nitrogen and oxygen atoms in total. The molecule has 0 aromatic rings. The summed E-state index contributed by atoms with van der Waals surface area (Å²) >= 11 is 0. The predicted octanol–water partition coefficient (Wildman–Crippen LogP) is 2.17. The van der Waals surface area contributed by atoms with Gasteiger partial charge < -0.3 is 20.3 Å². The fraction of sp³-hybridized carbons (Fsp3) is 0.933. The third-order valence-electron chi connectivity index (χ3n) is 3.10. The van der Waals surface area contributed by atoms with E-state index in [4.69, 9.17) is 9.73 Å². The largest absolute Gasteiger partial charge is 0.385 e. The first-order valence-electron chi connectivity index (χ1n) is 7.68. The summed E-state index contributed by atoms with van der Waals surface area (Å²) in [6, 6.07) is 0.490. The topological polar surface area (TPSA) is 48.9 Å². The van der Waals surface area contributed by atoms with E-state index in [1.807, 2.05) is 0 Å². The van der Waals surface area contributed by atoms with Crippen LogP contribution in [0.1, 0.15) is 33.6 Å². The highest BCUT2D eigenvalue weighted by Crippen LogP contribution is 2.09. The van der Waals surface area contributed by atoms with Gasteiger partial charge in [-0.15, -0.1) is 24.0 Å². The minimum absolute atomic E-state index is 0. The van der Waals surface area contributed by atoms with Crippen LogP contribution in [0.25, 0.3) is 0 Å². The van der Waals surface area contributed by atoms with Crippen molar-refractivity contribution in [3.05, 3.63) is 0 Å². The van der Waals surface area contributed by atoms with Gasteiger partial charge in [-0.25, -0.2) is 0 Å². The van der Waals surface area contributed by atoms with Gasteiger partial charge in [-0.2, -0.15) is 0 Å². The third kappa shape index (κ3) is 13.3. The fourth-order valence-electron chi connectivity index (χ4n) is 1.95. The van der Waals surface area contributed by atoms with E-state index in [1.54, 1.807) is 7.11 Å². The monoisotopic (exact) mass is 414 g/mol. The van der Waals surface area contributed by atoms with Crippen molar-refractivity contribution in [1.82, 2.24) is 15.5 Å². The van der Waals surface area contributed by atoms with Gasteiger partial charge in [-0.05, 0) is 39.8 Å². The normalized spacial score (nSPS) is 13.2. The number of likely N-dealkylation sites (N-methyl/N-ethyl adjacent to an activating group) is 1. The zero-order valence-electron chi connectivity index (χ0n) is 14.6. The van der Waals surface area contributed by atoms with E-state index < -0.39 is 0 Å². The molecule has 128 valence electrons. The Morgan fingerprint density at radius 3 is 2.38 bits per heavy atom. The number of guanidine groups is 1. The standard InChI is InChI=1S/C15H34N4O.HI/c1-7-16-15(17-9-8-10-20-6)18-12-14(19(4)5)11-13(2)3;/h13-14H,7-12H2,1-6H3,(H2,16,17,18);1H. The Kier molecular flexibility index (Phi) is 16.4. The zero-order chi connectivity index (χ0) is 15.4. The Morgan fingerprint density at radius 2 is 1.90 bits per heavy atom. The molecule has 0 radical (unpaired) electrons. The molecule has 0 amide bonds. The lowest BCUT2D eigenvalue weighted by molar-refractivity contribution is 0.195. The summed E-state index contributed by atoms with van der Waals surface area (Å²) in [5, 5.41) is 6.63. The van der Waals surface area contributed by atoms with Crippen molar-refractivity contribution in [1.29, 1.82) is 0 Å². The molecule has 0 aromatic carbocycles. The minimum Gasteiger partial charge on any atom is -0.385 e. The molecule has 0 heterocycles. The van der Waals surface area contributed by atoms with Gasteiger partial charge in [0, 0.05) is 32.8 Å². The zero-order valence-corrected chi connectivity index (χ0v) is 16.9. The van der Waals surface area contributed by atoms with Crippen LogP contribution >= 0.6 is 24.0 Å². The van der Waals surface area contributed by atoms with Gasteiger partial charge in [0.2, 0.25) is 0 Å². The second-order valence-electron chi connectivity index (χ2n) is 5.74. The molecule has 1 unspecified atom stereocenters. The van der Waals surface area contributed by atoms with E-state index in [1.165, 1.54) is 6.42 Å². The van der Waals surface area contributed by atoms with E-state index in [0.29, 0.717) is 12.0 Å². The lowest BCUT2D eigenvalue weighted by Gasteiger charge is -2.24. The van der Waals surface area contributed by atoms with Crippen molar-refractivity contribution in [3.8, 4) is 0 Å². The summed E-state index contributed by atoms with van der Waals surface area (Å²) in [6.07, 6.45) is 2.16. The van der Waals surface area contributed by atoms with Crippen molar-refractivity contribution in [2.75, 3.05) is 47.4 Å². The maximum Gasteiger partial charge on any atom is 0.191 e. The van der Waals surface area contributed by atoms with Crippen LogP contribution in [-0.2, 0) is 4.74 Å². The number of halogens is 1. The van der Waals surface area contributed by atoms with Gasteiger partial charge in [-0.3, -0.25) is 4.99 Å². The fourth-order valence-corrected chi connectivity index (χ4v) is 1.95. The van der Waals surface area contributed by atoms with Crippen molar-refractivity contribution in [3.63, 3.8) is 0 Å². The molecule has 0 fully saturated rings. The van der Waals surface area contributed by atoms with E-state index in [0.717, 1.165) is 38.6 Å². The first-order valence-corrected chi connectivity index (χ1v) is 7.68. The highest BCUT2D eigenvalue weighted by molar-refractivity contribution is 14.0. The number of nitrogens with zero attached hydrogens (tertiary/aromatic N) is 2. The molecule has 1 atom stereocenters. The van der Waals surface area contributed by atoms with E-state index in [2.05, 4.69) is 50.4 Å². The van der Waals surface area contributed by atoms with Crippen LogP contribution in [0.15, 0.2) is 4.99 Å². The van der Waals surface area contributed by atoms with Crippen LogP contribution in [-0.4, -0.2) is 64.3 Å². The molecule has 0 saturated heterocycles. The summed E-state index contributed by atoms with van der Waals surface area (Å²) in [5.41, 5.74) is 0. The lowest BCUT2D eigenvalue weighted by atomic mass is 10.0. The predicted molar refractivity (Wildman–Crippen MR) is 103 cm³/mol. The molecule has 21 heavy (non-hydrogen) atoms. The van der Waals surface area contributed by atoms with Gasteiger partial charge in [0.15, 0.2) is 5.96 Å². The number of ether oxygens (including phenoxy) is 1. The number of nitrogens with one attached hydrogen (secondary N) is 2. The number of hydrogen-bond donors (Lipinski definition) is 2.